The van der Waals surface area contributed by atoms with Crippen LogP contribution in [-0.4, -0.2) is 45.8 Å². The molecule has 7 heteroatoms. The summed E-state index contributed by atoms with van der Waals surface area (Å²) < 4.78 is 6.99. The van der Waals surface area contributed by atoms with Gasteiger partial charge in [0.05, 0.1) is 29.5 Å². The van der Waals surface area contributed by atoms with Crippen LogP contribution in [0.5, 0.6) is 0 Å². The maximum atomic E-state index is 12.6. The van der Waals surface area contributed by atoms with Gasteiger partial charge < -0.3 is 9.42 Å². The summed E-state index contributed by atoms with van der Waals surface area (Å²) in [7, 11) is 0. The second-order valence-corrected chi connectivity index (χ2v) is 7.45. The molecule has 1 fully saturated rings. The number of piperazine rings is 1. The van der Waals surface area contributed by atoms with E-state index in [4.69, 9.17) is 4.52 Å². The molecule has 1 aliphatic rings. The smallest absolute Gasteiger partial charge is 0.261 e. The first-order chi connectivity index (χ1) is 13.0. The summed E-state index contributed by atoms with van der Waals surface area (Å²) in [6, 6.07) is 8.06. The van der Waals surface area contributed by atoms with Crippen molar-refractivity contribution in [3.8, 4) is 0 Å². The Balaban J connectivity index is 1.47. The predicted molar refractivity (Wildman–Crippen MR) is 105 cm³/mol. The first-order valence-electron chi connectivity index (χ1n) is 9.41. The van der Waals surface area contributed by atoms with Crippen LogP contribution in [0.15, 0.2) is 39.9 Å². The predicted octanol–water partition coefficient (Wildman–Crippen LogP) is 2.60. The van der Waals surface area contributed by atoms with E-state index in [0.717, 1.165) is 55.4 Å². The third kappa shape index (κ3) is 3.60. The lowest BCUT2D eigenvalue weighted by molar-refractivity contribution is 0.219. The van der Waals surface area contributed by atoms with Gasteiger partial charge in [-0.15, -0.1) is 0 Å². The lowest BCUT2D eigenvalue weighted by atomic mass is 10.2. The fourth-order valence-corrected chi connectivity index (χ4v) is 3.56. The van der Waals surface area contributed by atoms with Gasteiger partial charge >= 0.3 is 0 Å². The zero-order valence-corrected chi connectivity index (χ0v) is 16.1. The van der Waals surface area contributed by atoms with E-state index >= 15 is 0 Å². The average Bonchev–Trinajstić information content (AvgIpc) is 3.07. The lowest BCUT2D eigenvalue weighted by Crippen LogP contribution is -2.45. The molecular weight excluding hydrogens is 342 g/mol. The molecule has 1 aliphatic heterocycles. The molecule has 0 spiro atoms. The van der Waals surface area contributed by atoms with Crippen molar-refractivity contribution in [3.05, 3.63) is 52.4 Å². The SMILES string of the molecule is Cc1cc(CN2CCN(c3ccc4c(=O)n(C(C)C)cnc4c3)CC2)on1. The zero-order chi connectivity index (χ0) is 19.0. The van der Waals surface area contributed by atoms with Gasteiger partial charge in [-0.1, -0.05) is 5.16 Å². The molecule has 27 heavy (non-hydrogen) atoms. The van der Waals surface area contributed by atoms with Crippen molar-refractivity contribution in [1.82, 2.24) is 19.6 Å². The van der Waals surface area contributed by atoms with Crippen molar-refractivity contribution in [2.45, 2.75) is 33.4 Å². The topological polar surface area (TPSA) is 67.4 Å². The Morgan fingerprint density at radius 1 is 1.15 bits per heavy atom. The average molecular weight is 367 g/mol. The van der Waals surface area contributed by atoms with E-state index in [1.807, 2.05) is 45.0 Å². The van der Waals surface area contributed by atoms with Gasteiger partial charge in [0.2, 0.25) is 0 Å². The molecule has 7 nitrogen and oxygen atoms in total. The summed E-state index contributed by atoms with van der Waals surface area (Å²) in [5.74, 6) is 0.914. The fourth-order valence-electron chi connectivity index (χ4n) is 3.56. The largest absolute Gasteiger partial charge is 0.369 e. The summed E-state index contributed by atoms with van der Waals surface area (Å²) in [5, 5.41) is 4.63. The Kier molecular flexibility index (Phi) is 4.70. The number of anilines is 1. The molecule has 0 saturated carbocycles. The van der Waals surface area contributed by atoms with Crippen LogP contribution in [0.3, 0.4) is 0 Å². The van der Waals surface area contributed by atoms with Crippen LogP contribution in [-0.2, 0) is 6.54 Å². The molecule has 142 valence electrons. The normalized spacial score (nSPS) is 15.8. The molecule has 0 atom stereocenters. The Bertz CT molecular complexity index is 999. The molecule has 1 aromatic carbocycles. The lowest BCUT2D eigenvalue weighted by Gasteiger charge is -2.35. The minimum atomic E-state index is 0.0220. The highest BCUT2D eigenvalue weighted by molar-refractivity contribution is 5.81. The molecule has 0 N–H and O–H groups in total. The third-order valence-corrected chi connectivity index (χ3v) is 5.12. The van der Waals surface area contributed by atoms with Gasteiger partial charge in [0.15, 0.2) is 5.76 Å². The molecule has 3 heterocycles. The number of rotatable bonds is 4. The van der Waals surface area contributed by atoms with Crippen molar-refractivity contribution in [1.29, 1.82) is 0 Å². The number of hydrogen-bond acceptors (Lipinski definition) is 6. The maximum absolute atomic E-state index is 12.6. The van der Waals surface area contributed by atoms with Gasteiger partial charge in [-0.25, -0.2) is 4.98 Å². The van der Waals surface area contributed by atoms with E-state index in [-0.39, 0.29) is 11.6 Å². The molecule has 4 rings (SSSR count). The number of hydrogen-bond donors (Lipinski definition) is 0. The van der Waals surface area contributed by atoms with Crippen molar-refractivity contribution in [3.63, 3.8) is 0 Å². The quantitative estimate of drug-likeness (QED) is 0.706. The molecule has 0 unspecified atom stereocenters. The monoisotopic (exact) mass is 367 g/mol. The van der Waals surface area contributed by atoms with Crippen LogP contribution < -0.4 is 10.5 Å². The molecule has 2 aromatic heterocycles. The summed E-state index contributed by atoms with van der Waals surface area (Å²) in [5.41, 5.74) is 2.82. The summed E-state index contributed by atoms with van der Waals surface area (Å²) in [4.78, 5) is 21.8. The van der Waals surface area contributed by atoms with E-state index < -0.39 is 0 Å². The first kappa shape index (κ1) is 17.7. The molecule has 0 amide bonds. The van der Waals surface area contributed by atoms with Crippen molar-refractivity contribution < 1.29 is 4.52 Å². The summed E-state index contributed by atoms with van der Waals surface area (Å²) in [6.45, 7) is 10.5. The van der Waals surface area contributed by atoms with Gasteiger partial charge in [-0.2, -0.15) is 0 Å². The van der Waals surface area contributed by atoms with Crippen LogP contribution in [0.1, 0.15) is 31.3 Å². The van der Waals surface area contributed by atoms with E-state index in [0.29, 0.717) is 5.39 Å². The van der Waals surface area contributed by atoms with Crippen LogP contribution in [0.2, 0.25) is 0 Å². The van der Waals surface area contributed by atoms with E-state index in [9.17, 15) is 4.79 Å². The second kappa shape index (κ2) is 7.15. The van der Waals surface area contributed by atoms with Crippen LogP contribution in [0, 0.1) is 6.92 Å². The minimum Gasteiger partial charge on any atom is -0.369 e. The minimum absolute atomic E-state index is 0.0220. The highest BCUT2D eigenvalue weighted by Crippen LogP contribution is 2.21. The Hall–Kier alpha value is -2.67. The van der Waals surface area contributed by atoms with Crippen LogP contribution in [0.25, 0.3) is 10.9 Å². The molecule has 3 aromatic rings. The summed E-state index contributed by atoms with van der Waals surface area (Å²) >= 11 is 0. The molecule has 0 bridgehead atoms. The highest BCUT2D eigenvalue weighted by Gasteiger charge is 2.19. The van der Waals surface area contributed by atoms with E-state index in [1.54, 1.807) is 10.9 Å². The molecular formula is C20H25N5O2. The fraction of sp³-hybridized carbons (Fsp3) is 0.450. The zero-order valence-electron chi connectivity index (χ0n) is 16.1. The van der Waals surface area contributed by atoms with Crippen molar-refractivity contribution in [2.24, 2.45) is 0 Å². The van der Waals surface area contributed by atoms with E-state index in [2.05, 4.69) is 19.9 Å². The van der Waals surface area contributed by atoms with Gasteiger partial charge in [-0.3, -0.25) is 14.3 Å². The van der Waals surface area contributed by atoms with Gasteiger partial charge in [0.25, 0.3) is 5.56 Å². The molecule has 1 saturated heterocycles. The number of aryl methyl sites for hydroxylation is 1. The highest BCUT2D eigenvalue weighted by atomic mass is 16.5. The number of aromatic nitrogens is 3. The van der Waals surface area contributed by atoms with Crippen molar-refractivity contribution in [2.75, 3.05) is 31.1 Å². The summed E-state index contributed by atoms with van der Waals surface area (Å²) in [6.07, 6.45) is 1.65. The molecule has 0 aliphatic carbocycles. The first-order valence-corrected chi connectivity index (χ1v) is 9.41. The van der Waals surface area contributed by atoms with Gasteiger partial charge in [0, 0.05) is 44.0 Å². The van der Waals surface area contributed by atoms with Crippen molar-refractivity contribution >= 4 is 16.6 Å². The van der Waals surface area contributed by atoms with Crippen LogP contribution >= 0.6 is 0 Å². The maximum Gasteiger partial charge on any atom is 0.261 e. The Labute approximate surface area is 158 Å². The van der Waals surface area contributed by atoms with E-state index in [1.165, 1.54) is 0 Å². The van der Waals surface area contributed by atoms with Gasteiger partial charge in [0.1, 0.15) is 0 Å². The second-order valence-electron chi connectivity index (χ2n) is 7.45. The molecule has 0 radical (unpaired) electrons. The van der Waals surface area contributed by atoms with Gasteiger partial charge in [-0.05, 0) is 39.0 Å². The number of fused-ring (bicyclic) bond motifs is 1. The number of nitrogens with zero attached hydrogens (tertiary/aromatic N) is 5. The van der Waals surface area contributed by atoms with Crippen LogP contribution in [0.4, 0.5) is 5.69 Å². The Morgan fingerprint density at radius 3 is 2.59 bits per heavy atom. The standard InChI is InChI=1S/C20H25N5O2/c1-14(2)25-13-21-19-11-16(4-5-18(19)20(25)26)24-8-6-23(7-9-24)12-17-10-15(3)22-27-17/h4-5,10-11,13-14H,6-9,12H2,1-3H3. The number of benzene rings is 1. The third-order valence-electron chi connectivity index (χ3n) is 5.12. The Morgan fingerprint density at radius 2 is 1.93 bits per heavy atom.